The van der Waals surface area contributed by atoms with Crippen LogP contribution in [-0.2, 0) is 6.54 Å². The molecule has 0 bridgehead atoms. The summed E-state index contributed by atoms with van der Waals surface area (Å²) >= 11 is 6.20. The molecule has 0 saturated heterocycles. The molecule has 0 aliphatic heterocycles. The van der Waals surface area contributed by atoms with Gasteiger partial charge in [0.05, 0.1) is 18.7 Å². The number of aromatic nitrogens is 1. The van der Waals surface area contributed by atoms with Crippen molar-refractivity contribution in [3.05, 3.63) is 58.7 Å². The number of fused-ring (bicyclic) bond motifs is 1. The van der Waals surface area contributed by atoms with E-state index < -0.39 is 0 Å². The third-order valence-corrected chi connectivity index (χ3v) is 4.92. The van der Waals surface area contributed by atoms with E-state index in [1.165, 1.54) is 5.39 Å². The van der Waals surface area contributed by atoms with E-state index >= 15 is 0 Å². The average Bonchev–Trinajstić information content (AvgIpc) is 3.03. The van der Waals surface area contributed by atoms with Crippen molar-refractivity contribution in [2.75, 3.05) is 19.8 Å². The van der Waals surface area contributed by atoms with Gasteiger partial charge in [-0.15, -0.1) is 0 Å². The molecule has 0 fully saturated rings. The van der Waals surface area contributed by atoms with Crippen molar-refractivity contribution < 1.29 is 14.6 Å². The molecule has 1 heterocycles. The fraction of sp³-hybridized carbons (Fsp3) is 0.333. The lowest BCUT2D eigenvalue weighted by Crippen LogP contribution is -2.04. The van der Waals surface area contributed by atoms with Gasteiger partial charge in [0.1, 0.15) is 18.1 Å². The molecular weight excluding hydrogens is 350 g/mol. The molecular formula is C21H24ClNO3. The first-order valence-corrected chi connectivity index (χ1v) is 9.18. The zero-order valence-electron chi connectivity index (χ0n) is 15.2. The number of halogens is 1. The van der Waals surface area contributed by atoms with Crippen molar-refractivity contribution in [2.45, 2.75) is 26.8 Å². The largest absolute Gasteiger partial charge is 0.494 e. The van der Waals surface area contributed by atoms with Crippen LogP contribution in [0.4, 0.5) is 0 Å². The summed E-state index contributed by atoms with van der Waals surface area (Å²) in [4.78, 5) is 0. The van der Waals surface area contributed by atoms with Crippen LogP contribution in [0.5, 0.6) is 11.5 Å². The van der Waals surface area contributed by atoms with Gasteiger partial charge in [-0.2, -0.15) is 0 Å². The van der Waals surface area contributed by atoms with Gasteiger partial charge in [-0.3, -0.25) is 0 Å². The lowest BCUT2D eigenvalue weighted by atomic mass is 10.1. The zero-order chi connectivity index (χ0) is 18.5. The number of ether oxygens (including phenoxy) is 2. The lowest BCUT2D eigenvalue weighted by Gasteiger charge is -2.11. The minimum absolute atomic E-state index is 0.0139. The Hall–Kier alpha value is -2.17. The van der Waals surface area contributed by atoms with Crippen molar-refractivity contribution in [1.82, 2.24) is 4.57 Å². The Morgan fingerprint density at radius 2 is 1.69 bits per heavy atom. The van der Waals surface area contributed by atoms with Crippen molar-refractivity contribution in [3.8, 4) is 11.5 Å². The molecule has 5 heteroatoms. The molecule has 0 aliphatic carbocycles. The van der Waals surface area contributed by atoms with E-state index in [0.717, 1.165) is 46.1 Å². The maximum absolute atomic E-state index is 8.89. The Morgan fingerprint density at radius 3 is 2.42 bits per heavy atom. The summed E-state index contributed by atoms with van der Waals surface area (Å²) in [5, 5.41) is 10.9. The molecule has 26 heavy (non-hydrogen) atoms. The number of hydrogen-bond donors (Lipinski definition) is 1. The summed E-state index contributed by atoms with van der Waals surface area (Å²) in [6.45, 7) is 5.80. The predicted molar refractivity (Wildman–Crippen MR) is 106 cm³/mol. The molecule has 138 valence electrons. The van der Waals surface area contributed by atoms with Crippen molar-refractivity contribution >= 4 is 22.5 Å². The summed E-state index contributed by atoms with van der Waals surface area (Å²) in [6.07, 6.45) is 2.98. The van der Waals surface area contributed by atoms with E-state index in [-0.39, 0.29) is 6.61 Å². The summed E-state index contributed by atoms with van der Waals surface area (Å²) in [5.74, 6) is 1.64. The molecule has 3 rings (SSSR count). The highest BCUT2D eigenvalue weighted by Gasteiger charge is 2.05. The molecule has 0 radical (unpaired) electrons. The summed E-state index contributed by atoms with van der Waals surface area (Å²) in [7, 11) is 0. The highest BCUT2D eigenvalue weighted by molar-refractivity contribution is 6.32. The van der Waals surface area contributed by atoms with Gasteiger partial charge >= 0.3 is 0 Å². The van der Waals surface area contributed by atoms with E-state index in [9.17, 15) is 0 Å². The summed E-state index contributed by atoms with van der Waals surface area (Å²) < 4.78 is 13.6. The number of aryl methyl sites for hydroxylation is 3. The van der Waals surface area contributed by atoms with Crippen LogP contribution in [0.2, 0.25) is 5.02 Å². The normalized spacial score (nSPS) is 11.1. The van der Waals surface area contributed by atoms with E-state index in [0.29, 0.717) is 13.2 Å². The van der Waals surface area contributed by atoms with Crippen LogP contribution in [0.15, 0.2) is 42.6 Å². The van der Waals surface area contributed by atoms with Crippen molar-refractivity contribution in [3.63, 3.8) is 0 Å². The molecule has 0 spiro atoms. The molecule has 1 aromatic heterocycles. The van der Waals surface area contributed by atoms with Gasteiger partial charge in [0.2, 0.25) is 0 Å². The van der Waals surface area contributed by atoms with Crippen LogP contribution in [0, 0.1) is 13.8 Å². The molecule has 0 aliphatic rings. The first kappa shape index (κ1) is 18.6. The van der Waals surface area contributed by atoms with Crippen LogP contribution in [0.1, 0.15) is 17.5 Å². The number of aliphatic hydroxyl groups is 1. The average molecular weight is 374 g/mol. The van der Waals surface area contributed by atoms with E-state index in [1.807, 2.05) is 44.2 Å². The minimum Gasteiger partial charge on any atom is -0.494 e. The standard InChI is InChI=1S/C21H24ClNO3/c1-15-12-19(13-16(2)21(15)22)25-10-3-7-23-8-6-17-4-5-18(14-20(17)23)26-11-9-24/h4-6,8,12-14,24H,3,7,9-11H2,1-2H3. The van der Waals surface area contributed by atoms with Crippen LogP contribution in [0.25, 0.3) is 10.9 Å². The molecule has 0 amide bonds. The second kappa shape index (κ2) is 8.47. The van der Waals surface area contributed by atoms with E-state index in [4.69, 9.17) is 26.2 Å². The maximum Gasteiger partial charge on any atom is 0.121 e. The summed E-state index contributed by atoms with van der Waals surface area (Å²) in [6, 6.07) is 12.0. The first-order chi connectivity index (χ1) is 12.6. The minimum atomic E-state index is 0.0139. The van der Waals surface area contributed by atoms with Gasteiger partial charge in [-0.25, -0.2) is 0 Å². The second-order valence-electron chi connectivity index (χ2n) is 6.37. The monoisotopic (exact) mass is 373 g/mol. The number of aliphatic hydroxyl groups excluding tert-OH is 1. The van der Waals surface area contributed by atoms with Gasteiger partial charge < -0.3 is 19.1 Å². The maximum atomic E-state index is 8.89. The lowest BCUT2D eigenvalue weighted by molar-refractivity contribution is 0.201. The highest BCUT2D eigenvalue weighted by atomic mass is 35.5. The number of benzene rings is 2. The van der Waals surface area contributed by atoms with Gasteiger partial charge in [0.15, 0.2) is 0 Å². The second-order valence-corrected chi connectivity index (χ2v) is 6.75. The van der Waals surface area contributed by atoms with Gasteiger partial charge in [-0.05, 0) is 67.1 Å². The SMILES string of the molecule is Cc1cc(OCCCn2ccc3ccc(OCCO)cc32)cc(C)c1Cl. The molecule has 2 aromatic carbocycles. The fourth-order valence-electron chi connectivity index (χ4n) is 3.03. The predicted octanol–water partition coefficient (Wildman–Crippen LogP) is 4.75. The van der Waals surface area contributed by atoms with Crippen molar-refractivity contribution in [2.24, 2.45) is 0 Å². The Morgan fingerprint density at radius 1 is 0.962 bits per heavy atom. The number of nitrogens with zero attached hydrogens (tertiary/aromatic N) is 1. The Kier molecular flexibility index (Phi) is 6.07. The topological polar surface area (TPSA) is 43.6 Å². The summed E-state index contributed by atoms with van der Waals surface area (Å²) in [5.41, 5.74) is 3.19. The van der Waals surface area contributed by atoms with E-state index in [1.54, 1.807) is 0 Å². The van der Waals surface area contributed by atoms with Gasteiger partial charge in [0, 0.05) is 23.8 Å². The smallest absolute Gasteiger partial charge is 0.121 e. The third kappa shape index (κ3) is 4.32. The highest BCUT2D eigenvalue weighted by Crippen LogP contribution is 2.26. The Bertz CT molecular complexity index is 865. The molecule has 1 N–H and O–H groups in total. The van der Waals surface area contributed by atoms with Crippen LogP contribution in [0.3, 0.4) is 0 Å². The molecule has 3 aromatic rings. The number of hydrogen-bond acceptors (Lipinski definition) is 3. The molecule has 0 saturated carbocycles. The third-order valence-electron chi connectivity index (χ3n) is 4.33. The molecule has 0 unspecified atom stereocenters. The Labute approximate surface area is 158 Å². The first-order valence-electron chi connectivity index (χ1n) is 8.80. The number of rotatable bonds is 8. The van der Waals surface area contributed by atoms with Crippen molar-refractivity contribution in [1.29, 1.82) is 0 Å². The molecule has 4 nitrogen and oxygen atoms in total. The van der Waals surface area contributed by atoms with Crippen LogP contribution in [-0.4, -0.2) is 29.5 Å². The van der Waals surface area contributed by atoms with Gasteiger partial charge in [0.25, 0.3) is 0 Å². The Balaban J connectivity index is 1.59. The molecule has 0 atom stereocenters. The fourth-order valence-corrected chi connectivity index (χ4v) is 3.14. The van der Waals surface area contributed by atoms with Gasteiger partial charge in [-0.1, -0.05) is 11.6 Å². The van der Waals surface area contributed by atoms with E-state index in [2.05, 4.69) is 16.8 Å². The zero-order valence-corrected chi connectivity index (χ0v) is 15.9. The quantitative estimate of drug-likeness (QED) is 0.579. The van der Waals surface area contributed by atoms with Crippen LogP contribution >= 0.6 is 11.6 Å². The van der Waals surface area contributed by atoms with Crippen LogP contribution < -0.4 is 9.47 Å².